The molecule has 0 saturated carbocycles. The lowest BCUT2D eigenvalue weighted by molar-refractivity contribution is 0.580. The monoisotopic (exact) mass is 261 g/mol. The lowest BCUT2D eigenvalue weighted by Gasteiger charge is -2.08. The van der Waals surface area contributed by atoms with Crippen molar-refractivity contribution in [3.63, 3.8) is 0 Å². The third-order valence-corrected chi connectivity index (χ3v) is 2.91. The van der Waals surface area contributed by atoms with E-state index in [0.29, 0.717) is 12.1 Å². The van der Waals surface area contributed by atoms with Gasteiger partial charge in [0, 0.05) is 18.3 Å². The fourth-order valence-electron chi connectivity index (χ4n) is 2.00. The number of halogens is 2. The van der Waals surface area contributed by atoms with Crippen LogP contribution < -0.4 is 5.32 Å². The fraction of sp³-hybridized carbons (Fsp3) is 0.250. The summed E-state index contributed by atoms with van der Waals surface area (Å²) in [5.74, 6) is -1.09. The van der Waals surface area contributed by atoms with Gasteiger partial charge in [0.25, 0.3) is 0 Å². The van der Waals surface area contributed by atoms with E-state index < -0.39 is 11.6 Å². The lowest BCUT2D eigenvalue weighted by atomic mass is 10.1. The zero-order valence-corrected chi connectivity index (χ0v) is 10.9. The topological polar surface area (TPSA) is 12.0 Å². The molecule has 0 radical (unpaired) electrons. The van der Waals surface area contributed by atoms with Gasteiger partial charge in [-0.1, -0.05) is 25.5 Å². The number of nitrogens with one attached hydrogen (secondary N) is 1. The Hall–Kier alpha value is -1.90. The van der Waals surface area contributed by atoms with E-state index in [9.17, 15) is 8.78 Å². The molecule has 0 heterocycles. The number of anilines is 1. The largest absolute Gasteiger partial charge is 0.381 e. The van der Waals surface area contributed by atoms with E-state index in [1.165, 1.54) is 17.7 Å². The Labute approximate surface area is 112 Å². The molecule has 0 aromatic heterocycles. The van der Waals surface area contributed by atoms with Crippen LogP contribution in [0.25, 0.3) is 0 Å². The summed E-state index contributed by atoms with van der Waals surface area (Å²) in [6.45, 7) is 2.55. The number of hydrogen-bond donors (Lipinski definition) is 1. The van der Waals surface area contributed by atoms with Gasteiger partial charge >= 0.3 is 0 Å². The highest BCUT2D eigenvalue weighted by Gasteiger charge is 2.00. The van der Waals surface area contributed by atoms with Crippen molar-refractivity contribution in [3.05, 3.63) is 65.2 Å². The number of benzene rings is 2. The molecule has 2 rings (SSSR count). The molecule has 0 unspecified atom stereocenters. The molecule has 2 aromatic rings. The van der Waals surface area contributed by atoms with E-state index in [-0.39, 0.29) is 0 Å². The summed E-state index contributed by atoms with van der Waals surface area (Å²) in [6, 6.07) is 11.7. The third-order valence-electron chi connectivity index (χ3n) is 2.91. The molecule has 2 aromatic carbocycles. The van der Waals surface area contributed by atoms with Gasteiger partial charge in [-0.05, 0) is 41.8 Å². The second-order valence-corrected chi connectivity index (χ2v) is 4.58. The van der Waals surface area contributed by atoms with Crippen molar-refractivity contribution in [2.45, 2.75) is 26.3 Å². The summed E-state index contributed by atoms with van der Waals surface area (Å²) in [5, 5.41) is 3.15. The number of aryl methyl sites for hydroxylation is 1. The first-order valence-corrected chi connectivity index (χ1v) is 6.45. The first-order chi connectivity index (χ1) is 9.17. The van der Waals surface area contributed by atoms with Crippen molar-refractivity contribution < 1.29 is 8.78 Å². The van der Waals surface area contributed by atoms with Gasteiger partial charge in [-0.15, -0.1) is 0 Å². The molecule has 0 saturated heterocycles. The summed E-state index contributed by atoms with van der Waals surface area (Å²) in [7, 11) is 0. The van der Waals surface area contributed by atoms with E-state index >= 15 is 0 Å². The fourth-order valence-corrected chi connectivity index (χ4v) is 2.00. The van der Waals surface area contributed by atoms with Gasteiger partial charge in [-0.3, -0.25) is 0 Å². The smallest absolute Gasteiger partial charge is 0.126 e. The first kappa shape index (κ1) is 13.5. The average Bonchev–Trinajstić information content (AvgIpc) is 2.37. The van der Waals surface area contributed by atoms with E-state index in [1.54, 1.807) is 0 Å². The van der Waals surface area contributed by atoms with E-state index in [2.05, 4.69) is 24.4 Å². The summed E-state index contributed by atoms with van der Waals surface area (Å²) >= 11 is 0. The molecule has 19 heavy (non-hydrogen) atoms. The molecule has 1 nitrogen and oxygen atoms in total. The summed E-state index contributed by atoms with van der Waals surface area (Å²) in [5.41, 5.74) is 2.84. The predicted octanol–water partition coefficient (Wildman–Crippen LogP) is 4.53. The highest BCUT2D eigenvalue weighted by atomic mass is 19.1. The molecule has 3 heteroatoms. The van der Waals surface area contributed by atoms with Gasteiger partial charge in [0.2, 0.25) is 0 Å². The Morgan fingerprint density at radius 3 is 2.11 bits per heavy atom. The Balaban J connectivity index is 1.98. The van der Waals surface area contributed by atoms with Crippen molar-refractivity contribution in [2.24, 2.45) is 0 Å². The minimum atomic E-state index is -0.546. The van der Waals surface area contributed by atoms with Crippen LogP contribution in [-0.4, -0.2) is 0 Å². The van der Waals surface area contributed by atoms with Gasteiger partial charge < -0.3 is 5.32 Å². The predicted molar refractivity (Wildman–Crippen MR) is 74.1 cm³/mol. The molecule has 0 amide bonds. The van der Waals surface area contributed by atoms with E-state index in [4.69, 9.17) is 0 Å². The Morgan fingerprint density at radius 1 is 0.895 bits per heavy atom. The molecule has 0 aliphatic carbocycles. The highest BCUT2D eigenvalue weighted by Crippen LogP contribution is 2.14. The standard InChI is InChI=1S/C16H17F2N/c1-2-3-12-4-6-16(7-5-12)19-11-13-8-14(17)10-15(18)9-13/h4-10,19H,2-3,11H2,1H3. The highest BCUT2D eigenvalue weighted by molar-refractivity contribution is 5.45. The molecule has 1 N–H and O–H groups in total. The maximum Gasteiger partial charge on any atom is 0.126 e. The lowest BCUT2D eigenvalue weighted by Crippen LogP contribution is -2.00. The third kappa shape index (κ3) is 4.05. The van der Waals surface area contributed by atoms with Gasteiger partial charge in [0.1, 0.15) is 11.6 Å². The molecular weight excluding hydrogens is 244 g/mol. The van der Waals surface area contributed by atoms with Crippen molar-refractivity contribution in [1.82, 2.24) is 0 Å². The second-order valence-electron chi connectivity index (χ2n) is 4.58. The molecular formula is C16H17F2N. The molecule has 100 valence electrons. The van der Waals surface area contributed by atoms with Gasteiger partial charge in [0.15, 0.2) is 0 Å². The SMILES string of the molecule is CCCc1ccc(NCc2cc(F)cc(F)c2)cc1. The maximum absolute atomic E-state index is 13.0. The van der Waals surface area contributed by atoms with Crippen LogP contribution in [0.1, 0.15) is 24.5 Å². The van der Waals surface area contributed by atoms with Crippen molar-refractivity contribution >= 4 is 5.69 Å². The molecule has 0 atom stereocenters. The number of rotatable bonds is 5. The van der Waals surface area contributed by atoms with E-state index in [0.717, 1.165) is 24.6 Å². The maximum atomic E-state index is 13.0. The van der Waals surface area contributed by atoms with Crippen molar-refractivity contribution in [2.75, 3.05) is 5.32 Å². The molecule has 0 aliphatic heterocycles. The van der Waals surface area contributed by atoms with Crippen molar-refractivity contribution in [1.29, 1.82) is 0 Å². The first-order valence-electron chi connectivity index (χ1n) is 6.45. The van der Waals surface area contributed by atoms with Gasteiger partial charge in [0.05, 0.1) is 0 Å². The van der Waals surface area contributed by atoms with Crippen LogP contribution in [0.2, 0.25) is 0 Å². The van der Waals surface area contributed by atoms with Gasteiger partial charge in [-0.2, -0.15) is 0 Å². The van der Waals surface area contributed by atoms with Crippen LogP contribution in [0.4, 0.5) is 14.5 Å². The van der Waals surface area contributed by atoms with Gasteiger partial charge in [-0.25, -0.2) is 8.78 Å². The Kier molecular flexibility index (Phi) is 4.50. The molecule has 0 spiro atoms. The van der Waals surface area contributed by atoms with Crippen LogP contribution in [0, 0.1) is 11.6 Å². The van der Waals surface area contributed by atoms with Crippen LogP contribution in [0.15, 0.2) is 42.5 Å². The second kappa shape index (κ2) is 6.32. The van der Waals surface area contributed by atoms with E-state index in [1.807, 2.05) is 12.1 Å². The van der Waals surface area contributed by atoms with Crippen molar-refractivity contribution in [3.8, 4) is 0 Å². The van der Waals surface area contributed by atoms with Crippen LogP contribution in [-0.2, 0) is 13.0 Å². The zero-order chi connectivity index (χ0) is 13.7. The Bertz CT molecular complexity index is 515. The Morgan fingerprint density at radius 2 is 1.53 bits per heavy atom. The minimum absolute atomic E-state index is 0.405. The number of hydrogen-bond acceptors (Lipinski definition) is 1. The van der Waals surface area contributed by atoms with Crippen LogP contribution >= 0.6 is 0 Å². The summed E-state index contributed by atoms with van der Waals surface area (Å²) in [4.78, 5) is 0. The quantitative estimate of drug-likeness (QED) is 0.833. The average molecular weight is 261 g/mol. The van der Waals surface area contributed by atoms with Crippen LogP contribution in [0.3, 0.4) is 0 Å². The molecule has 0 fully saturated rings. The zero-order valence-electron chi connectivity index (χ0n) is 10.9. The normalized spacial score (nSPS) is 10.5. The molecule has 0 aliphatic rings. The molecule has 0 bridgehead atoms. The minimum Gasteiger partial charge on any atom is -0.381 e. The van der Waals surface area contributed by atoms with Crippen LogP contribution in [0.5, 0.6) is 0 Å². The summed E-state index contributed by atoms with van der Waals surface area (Å²) in [6.07, 6.45) is 2.19. The summed E-state index contributed by atoms with van der Waals surface area (Å²) < 4.78 is 26.0.